The summed E-state index contributed by atoms with van der Waals surface area (Å²) < 4.78 is 0. The van der Waals surface area contributed by atoms with E-state index in [0.29, 0.717) is 83.2 Å². The maximum atomic E-state index is 5.82. The number of hydrogen-bond acceptors (Lipinski definition) is 12. The molecule has 0 amide bonds. The zero-order chi connectivity index (χ0) is 113. The molecule has 0 spiro atoms. The van der Waals surface area contributed by atoms with Crippen LogP contribution in [0.15, 0.2) is 303 Å². The molecule has 812 valence electrons. The first-order valence-electron chi connectivity index (χ1n) is 45.9. The summed E-state index contributed by atoms with van der Waals surface area (Å²) in [6, 6.07) is 68.5. The number of nitrogens with zero attached hydrogens (tertiary/aromatic N) is 20. The Labute approximate surface area is 909 Å². The van der Waals surface area contributed by atoms with Crippen molar-refractivity contribution in [1.29, 1.82) is 0 Å². The molecule has 0 heterocycles. The molecule has 0 aliphatic carbocycles. The van der Waals surface area contributed by atoms with Crippen LogP contribution in [0.2, 0.25) is 30.1 Å². The normalized spacial score (nSPS) is 12.4. The smallest absolute Gasteiger partial charge is 0.223 e. The first-order valence-corrected chi connectivity index (χ1v) is 48.2. The van der Waals surface area contributed by atoms with Gasteiger partial charge in [0.25, 0.3) is 0 Å². The molecule has 0 aliphatic heterocycles. The second kappa shape index (κ2) is 74.7. The number of anilines is 1. The molecule has 51 heteroatoms. The van der Waals surface area contributed by atoms with Gasteiger partial charge in [-0.25, -0.2) is 30.0 Å². The van der Waals surface area contributed by atoms with Gasteiger partial charge in [-0.1, -0.05) is 179 Å². The molecule has 0 saturated heterocycles. The average Bonchev–Trinajstić information content (AvgIpc) is 0.902. The van der Waals surface area contributed by atoms with E-state index < -0.39 is 0 Å². The summed E-state index contributed by atoms with van der Waals surface area (Å²) in [7, 11) is 10.7. The van der Waals surface area contributed by atoms with Gasteiger partial charge in [0.1, 0.15) is 6.29 Å². The Morgan fingerprint density at radius 3 is 0.913 bits per heavy atom. The van der Waals surface area contributed by atoms with Crippen LogP contribution in [0.5, 0.6) is 0 Å². The summed E-state index contributed by atoms with van der Waals surface area (Å²) in [5, 5.41) is 15.9. The van der Waals surface area contributed by atoms with Gasteiger partial charge in [-0.05, 0) is 241 Å². The first kappa shape index (κ1) is 132. The number of nitrogens with two attached hydrogens (primary N) is 21. The molecule has 0 aromatic heterocycles. The van der Waals surface area contributed by atoms with Gasteiger partial charge in [-0.15, -0.1) is 0 Å². The molecule has 0 bridgehead atoms. The average molecular weight is 2180 g/mol. The van der Waals surface area contributed by atoms with Crippen LogP contribution in [-0.4, -0.2) is 202 Å². The largest absolute Gasteiger partial charge is 0.370 e. The second-order valence-corrected chi connectivity index (χ2v) is 35.5. The molecule has 9 rings (SSSR count). The fourth-order valence-corrected chi connectivity index (χ4v) is 11.2. The van der Waals surface area contributed by atoms with Crippen molar-refractivity contribution in [1.82, 2.24) is 30.7 Å². The Bertz CT molecular complexity index is 6020. The van der Waals surface area contributed by atoms with Crippen molar-refractivity contribution in [2.24, 2.45) is 205 Å². The van der Waals surface area contributed by atoms with Crippen molar-refractivity contribution in [3.05, 3.63) is 299 Å². The minimum atomic E-state index is -0.390. The van der Waals surface area contributed by atoms with Gasteiger partial charge >= 0.3 is 0 Å². The summed E-state index contributed by atoms with van der Waals surface area (Å²) in [6.07, 6.45) is 1.97. The lowest BCUT2D eigenvalue weighted by Gasteiger charge is -2.18. The Balaban J connectivity index is 0.000000845. The highest BCUT2D eigenvalue weighted by atomic mass is 35.5. The lowest BCUT2D eigenvalue weighted by atomic mass is 10.1. The van der Waals surface area contributed by atoms with Crippen LogP contribution in [0.25, 0.3) is 0 Å². The van der Waals surface area contributed by atoms with Crippen molar-refractivity contribution >= 4 is 188 Å². The van der Waals surface area contributed by atoms with E-state index in [0.717, 1.165) is 90.9 Å². The highest BCUT2D eigenvalue weighted by Crippen LogP contribution is 2.19. The first-order chi connectivity index (χ1) is 70.6. The number of nitrogens with one attached hydrogen (secondary N) is 4. The van der Waals surface area contributed by atoms with E-state index in [1.54, 1.807) is 81.3 Å². The number of rotatable bonds is 23. The molecule has 45 nitrogen and oxygen atoms in total. The number of hydrogen-bond donors (Lipinski definition) is 25. The van der Waals surface area contributed by atoms with Crippen LogP contribution in [0.1, 0.15) is 91.6 Å². The van der Waals surface area contributed by atoms with Crippen molar-refractivity contribution in [3.8, 4) is 0 Å². The third-order valence-corrected chi connectivity index (χ3v) is 19.0. The molecule has 0 saturated carbocycles. The highest BCUT2D eigenvalue weighted by Gasteiger charge is 2.09. The maximum absolute atomic E-state index is 5.82. The molecule has 0 aliphatic rings. The van der Waals surface area contributed by atoms with Gasteiger partial charge in [0, 0.05) is 116 Å². The van der Waals surface area contributed by atoms with Crippen molar-refractivity contribution in [2.45, 2.75) is 126 Å². The van der Waals surface area contributed by atoms with Crippen molar-refractivity contribution < 1.29 is 0 Å². The number of halogens is 6. The van der Waals surface area contributed by atoms with Crippen molar-refractivity contribution in [3.63, 3.8) is 0 Å². The number of aliphatic imine (C=N–C) groups is 17. The van der Waals surface area contributed by atoms with Crippen LogP contribution >= 0.6 is 69.6 Å². The molecular formula is C99H149Cl6N45. The topological polar surface area (TPSA) is 814 Å². The van der Waals surface area contributed by atoms with Gasteiger partial charge in [0.2, 0.25) is 47.7 Å². The van der Waals surface area contributed by atoms with E-state index in [1.165, 1.54) is 5.56 Å². The lowest BCUT2D eigenvalue weighted by molar-refractivity contribution is 0.450. The molecule has 0 radical (unpaired) electrons. The second-order valence-electron chi connectivity index (χ2n) is 32.9. The highest BCUT2D eigenvalue weighted by molar-refractivity contribution is 6.32. The van der Waals surface area contributed by atoms with Crippen LogP contribution in [0.3, 0.4) is 0 Å². The van der Waals surface area contributed by atoms with E-state index in [1.807, 2.05) is 256 Å². The summed E-state index contributed by atoms with van der Waals surface area (Å²) in [6.45, 7) is 20.7. The molecule has 150 heavy (non-hydrogen) atoms. The van der Waals surface area contributed by atoms with Gasteiger partial charge in [0.15, 0.2) is 53.6 Å². The standard InChI is InChI=1S/C13H22ClN5.2C12H18ClN5.C12H19N5.C11H16ClN5.C11H17N5.C10H14ClN5.C9H12ClN5.C9H13N5/c1-9(2)18-13(16)19-12(15)17-8-7-10-3-5-11(14)6-4-10;1-18(2)12(15)17-11(14)16-8-7-9-3-5-10(13)6-4-9;1-8(2)17-12(15)18-11(14)16-7-9-3-5-10(13)6-4-9;1-8(2)15-11(13)17-12(14)16-10-6-4-5-9(3)7-10;1-17(2)11(14)16-10(13)15-7-8-3-5-9(12)6-4-8;1-8-5-4-6-9(7-8)14-10(12)15-11(13)16(2)3;11-8-3-1-7(2-4-8)5-6-15-10(14)16-9(12)13;10-7-3-1-6(2-4-7)5-14-9(13)15-8(11)12;1-6-3-2-4-7(5-6)13-9(12)14-8(10)11/h3-6,9,13,18H,7-8,16H2,1-2H3,(H3,15,17,19);3-6H,7-8H2,1-2H3,(H4,14,15,16,17);3-6,8H,7H2,1-2H3,(H5,14,15,16,17,18);4-8H,1-3H3,(H5,13,14,15,16,17);3-6H,7H2,1-2H3,(H4,13,14,15,16);4-7H,1-3H3,(H4,12,13,14,15);1-4H,5-6H2,(H6,12,13,14,15,16);1-4H,5H2,(H6,11,12,13,14,15);2-5H,1H3,(H6,10,11,12,13,14). The van der Waals surface area contributed by atoms with E-state index in [2.05, 4.69) is 106 Å². The Hall–Kier alpha value is -16.2. The van der Waals surface area contributed by atoms with Crippen LogP contribution in [0.4, 0.5) is 17.1 Å². The monoisotopic (exact) mass is 2180 g/mol. The van der Waals surface area contributed by atoms with E-state index in [-0.39, 0.29) is 102 Å². The number of benzene rings is 9. The van der Waals surface area contributed by atoms with Crippen LogP contribution in [0, 0.1) is 20.8 Å². The fourth-order valence-electron chi connectivity index (χ4n) is 10.5. The maximum Gasteiger partial charge on any atom is 0.223 e. The molecule has 9 aromatic carbocycles. The van der Waals surface area contributed by atoms with Crippen LogP contribution < -0.4 is 142 Å². The lowest BCUT2D eigenvalue weighted by Crippen LogP contribution is -2.55. The predicted molar refractivity (Wildman–Crippen MR) is 636 cm³/mol. The van der Waals surface area contributed by atoms with Crippen LogP contribution in [-0.2, 0) is 38.9 Å². The van der Waals surface area contributed by atoms with Gasteiger partial charge in [-0.3, -0.25) is 36.3 Å². The third-order valence-electron chi connectivity index (χ3n) is 17.5. The molecule has 46 N–H and O–H groups in total. The Morgan fingerprint density at radius 1 is 0.293 bits per heavy atom. The molecule has 9 aromatic rings. The Kier molecular flexibility index (Phi) is 65.6. The summed E-state index contributed by atoms with van der Waals surface area (Å²) in [5.74, 6) is 2.66. The van der Waals surface area contributed by atoms with Gasteiger partial charge < -0.3 is 140 Å². The predicted octanol–water partition coefficient (Wildman–Crippen LogP) is 7.97. The van der Waals surface area contributed by atoms with E-state index in [9.17, 15) is 0 Å². The van der Waals surface area contributed by atoms with Gasteiger partial charge in [0.05, 0.1) is 31.0 Å². The minimum Gasteiger partial charge on any atom is -0.370 e. The number of guanidine groups is 17. The SMILES string of the molecule is CC(C)N=C(N)NC(N)=NCc1ccc(Cl)cc1.CC(C)NC(N)NC(N)=NCCc1ccc(Cl)cc1.CN(C)C(N)=NC(N)=NCCc1ccc(Cl)cc1.CN(C)C(N)=NC(N)=NCc1ccc(Cl)cc1.Cc1cccc(N=C(N)N=C(N)N(C)C)c1.Cc1cccc(N=C(N)N=C(N)N)c1.Cc1cccc(NC(N)=NC(N)=NC(C)C)c1.NC(N)=NC(N)=NCCc1ccc(Cl)cc1.NC(N)=NC(N)=NCc1ccc(Cl)cc1. The van der Waals surface area contributed by atoms with Crippen molar-refractivity contribution in [2.75, 3.05) is 67.2 Å². The summed E-state index contributed by atoms with van der Waals surface area (Å²) in [5.41, 5.74) is 127. The summed E-state index contributed by atoms with van der Waals surface area (Å²) >= 11 is 34.7. The third kappa shape index (κ3) is 70.6. The molecule has 1 atom stereocenters. The van der Waals surface area contributed by atoms with Gasteiger partial charge in [-0.2, -0.15) is 34.9 Å². The zero-order valence-electron chi connectivity index (χ0n) is 87.3. The van der Waals surface area contributed by atoms with E-state index in [4.69, 9.17) is 190 Å². The fraction of sp³-hybridized carbons (Fsp3) is 0.283. The summed E-state index contributed by atoms with van der Waals surface area (Å²) in [4.78, 5) is 72.4. The minimum absolute atomic E-state index is 0.0515. The Morgan fingerprint density at radius 2 is 0.587 bits per heavy atom. The molecular weight excluding hydrogens is 2030 g/mol. The quantitative estimate of drug-likeness (QED) is 0.0164. The number of aryl methyl sites for hydroxylation is 3. The molecule has 0 fully saturated rings. The zero-order valence-corrected chi connectivity index (χ0v) is 91.8. The molecule has 1 unspecified atom stereocenters. The van der Waals surface area contributed by atoms with E-state index >= 15 is 0 Å².